The van der Waals surface area contributed by atoms with Crippen molar-refractivity contribution in [2.75, 3.05) is 26.2 Å². The molecule has 0 radical (unpaired) electrons. The zero-order chi connectivity index (χ0) is 18.7. The summed E-state index contributed by atoms with van der Waals surface area (Å²) in [6.07, 6.45) is 0. The van der Waals surface area contributed by atoms with Crippen LogP contribution in [0.15, 0.2) is 28.9 Å². The molecule has 0 N–H and O–H groups in total. The SMILES string of the molecule is Cc1nonc1CN1CCN(C(=O)C(C)c2ccc([N+](=O)[O-])cc2)CC1. The first-order chi connectivity index (χ1) is 12.5. The molecule has 1 fully saturated rings. The third-order valence-electron chi connectivity index (χ3n) is 4.78. The zero-order valence-corrected chi connectivity index (χ0v) is 14.8. The highest BCUT2D eigenvalue weighted by Crippen LogP contribution is 2.22. The minimum atomic E-state index is -0.443. The lowest BCUT2D eigenvalue weighted by molar-refractivity contribution is -0.384. The number of piperazine rings is 1. The number of nitro benzene ring substituents is 1. The van der Waals surface area contributed by atoms with Crippen LogP contribution in [-0.2, 0) is 11.3 Å². The summed E-state index contributed by atoms with van der Waals surface area (Å²) in [5, 5.41) is 18.4. The van der Waals surface area contributed by atoms with Gasteiger partial charge in [0.05, 0.1) is 10.8 Å². The molecule has 1 amide bonds. The van der Waals surface area contributed by atoms with Crippen molar-refractivity contribution in [2.24, 2.45) is 0 Å². The second kappa shape index (κ2) is 7.61. The van der Waals surface area contributed by atoms with Gasteiger partial charge in [0.25, 0.3) is 5.69 Å². The topological polar surface area (TPSA) is 106 Å². The Morgan fingerprint density at radius 1 is 1.23 bits per heavy atom. The van der Waals surface area contributed by atoms with E-state index in [-0.39, 0.29) is 17.5 Å². The van der Waals surface area contributed by atoms with E-state index in [1.165, 1.54) is 12.1 Å². The van der Waals surface area contributed by atoms with Gasteiger partial charge < -0.3 is 4.90 Å². The maximum Gasteiger partial charge on any atom is 0.269 e. The maximum absolute atomic E-state index is 12.7. The summed E-state index contributed by atoms with van der Waals surface area (Å²) in [6, 6.07) is 6.17. The summed E-state index contributed by atoms with van der Waals surface area (Å²) < 4.78 is 4.72. The van der Waals surface area contributed by atoms with Crippen LogP contribution in [-0.4, -0.2) is 57.1 Å². The zero-order valence-electron chi connectivity index (χ0n) is 14.8. The highest BCUT2D eigenvalue weighted by molar-refractivity contribution is 5.83. The van der Waals surface area contributed by atoms with E-state index in [4.69, 9.17) is 4.63 Å². The van der Waals surface area contributed by atoms with Crippen molar-refractivity contribution in [1.29, 1.82) is 0 Å². The van der Waals surface area contributed by atoms with Gasteiger partial charge in [0.15, 0.2) is 0 Å². The Balaban J connectivity index is 1.55. The van der Waals surface area contributed by atoms with E-state index >= 15 is 0 Å². The first-order valence-electron chi connectivity index (χ1n) is 8.49. The van der Waals surface area contributed by atoms with Crippen molar-refractivity contribution < 1.29 is 14.3 Å². The van der Waals surface area contributed by atoms with E-state index in [1.807, 2.05) is 18.7 Å². The highest BCUT2D eigenvalue weighted by Gasteiger charge is 2.26. The van der Waals surface area contributed by atoms with Gasteiger partial charge in [0.2, 0.25) is 5.91 Å². The van der Waals surface area contributed by atoms with Gasteiger partial charge in [-0.1, -0.05) is 22.4 Å². The van der Waals surface area contributed by atoms with Crippen molar-refractivity contribution in [1.82, 2.24) is 20.1 Å². The Bertz CT molecular complexity index is 781. The number of rotatable bonds is 5. The Hall–Kier alpha value is -2.81. The monoisotopic (exact) mass is 359 g/mol. The van der Waals surface area contributed by atoms with Crippen molar-refractivity contribution in [3.63, 3.8) is 0 Å². The normalized spacial score (nSPS) is 16.5. The standard InChI is InChI=1S/C17H21N5O4/c1-12(14-3-5-15(6-4-14)22(24)25)17(23)21-9-7-20(8-10-21)11-16-13(2)18-26-19-16/h3-6,12H,7-11H2,1-2H3. The molecule has 0 spiro atoms. The number of aromatic nitrogens is 2. The minimum Gasteiger partial charge on any atom is -0.340 e. The van der Waals surface area contributed by atoms with Crippen molar-refractivity contribution >= 4 is 11.6 Å². The quantitative estimate of drug-likeness (QED) is 0.591. The van der Waals surface area contributed by atoms with E-state index in [0.29, 0.717) is 19.6 Å². The van der Waals surface area contributed by atoms with Crippen LogP contribution in [0, 0.1) is 17.0 Å². The largest absolute Gasteiger partial charge is 0.340 e. The second-order valence-electron chi connectivity index (χ2n) is 6.47. The molecule has 0 aliphatic carbocycles. The van der Waals surface area contributed by atoms with Crippen LogP contribution in [0.4, 0.5) is 5.69 Å². The van der Waals surface area contributed by atoms with Gasteiger partial charge in [-0.05, 0) is 19.4 Å². The van der Waals surface area contributed by atoms with Crippen molar-refractivity contribution in [3.05, 3.63) is 51.3 Å². The number of hydrogen-bond donors (Lipinski definition) is 0. The van der Waals surface area contributed by atoms with Gasteiger partial charge in [-0.3, -0.25) is 19.8 Å². The molecule has 3 rings (SSSR count). The van der Waals surface area contributed by atoms with Gasteiger partial charge in [-0.25, -0.2) is 4.63 Å². The predicted molar refractivity (Wildman–Crippen MR) is 92.4 cm³/mol. The van der Waals surface area contributed by atoms with Crippen molar-refractivity contribution in [2.45, 2.75) is 26.3 Å². The summed E-state index contributed by atoms with van der Waals surface area (Å²) in [5.41, 5.74) is 2.42. The number of carbonyl (C=O) groups is 1. The molecule has 1 aliphatic rings. The lowest BCUT2D eigenvalue weighted by Crippen LogP contribution is -2.49. The second-order valence-corrected chi connectivity index (χ2v) is 6.47. The molecule has 1 saturated heterocycles. The number of carbonyl (C=O) groups excluding carboxylic acids is 1. The summed E-state index contributed by atoms with van der Waals surface area (Å²) in [7, 11) is 0. The fourth-order valence-corrected chi connectivity index (χ4v) is 3.03. The van der Waals surface area contributed by atoms with E-state index in [2.05, 4.69) is 15.2 Å². The van der Waals surface area contributed by atoms with E-state index in [0.717, 1.165) is 30.0 Å². The average Bonchev–Trinajstić information content (AvgIpc) is 3.06. The molecule has 0 saturated carbocycles. The number of hydrogen-bond acceptors (Lipinski definition) is 7. The smallest absolute Gasteiger partial charge is 0.269 e. The first-order valence-corrected chi connectivity index (χ1v) is 8.49. The van der Waals surface area contributed by atoms with E-state index in [9.17, 15) is 14.9 Å². The van der Waals surface area contributed by atoms with Crippen LogP contribution in [0.25, 0.3) is 0 Å². The first kappa shape index (κ1) is 18.0. The highest BCUT2D eigenvalue weighted by atomic mass is 16.6. The Morgan fingerprint density at radius 2 is 1.88 bits per heavy atom. The summed E-state index contributed by atoms with van der Waals surface area (Å²) in [5.74, 6) is -0.290. The van der Waals surface area contributed by atoms with Crippen molar-refractivity contribution in [3.8, 4) is 0 Å². The third kappa shape index (κ3) is 3.88. The molecular weight excluding hydrogens is 338 g/mol. The van der Waals surface area contributed by atoms with Crippen LogP contribution in [0.1, 0.15) is 29.8 Å². The summed E-state index contributed by atoms with van der Waals surface area (Å²) in [4.78, 5) is 27.1. The van der Waals surface area contributed by atoms with E-state index in [1.54, 1.807) is 12.1 Å². The van der Waals surface area contributed by atoms with Crippen LogP contribution >= 0.6 is 0 Å². The van der Waals surface area contributed by atoms with Crippen LogP contribution < -0.4 is 0 Å². The molecule has 1 aromatic heterocycles. The molecule has 0 bridgehead atoms. The fourth-order valence-electron chi connectivity index (χ4n) is 3.03. The number of nitrogens with zero attached hydrogens (tertiary/aromatic N) is 5. The van der Waals surface area contributed by atoms with Crippen LogP contribution in [0.2, 0.25) is 0 Å². The maximum atomic E-state index is 12.7. The average molecular weight is 359 g/mol. The Labute approximate surface area is 150 Å². The number of benzene rings is 1. The number of aryl methyl sites for hydroxylation is 1. The molecule has 26 heavy (non-hydrogen) atoms. The molecule has 138 valence electrons. The number of nitro groups is 1. The third-order valence-corrected chi connectivity index (χ3v) is 4.78. The molecular formula is C17H21N5O4. The van der Waals surface area contributed by atoms with Gasteiger partial charge >= 0.3 is 0 Å². The van der Waals surface area contributed by atoms with Crippen LogP contribution in [0.5, 0.6) is 0 Å². The molecule has 9 nitrogen and oxygen atoms in total. The van der Waals surface area contributed by atoms with Gasteiger partial charge in [0, 0.05) is 44.9 Å². The molecule has 9 heteroatoms. The molecule has 2 heterocycles. The van der Waals surface area contributed by atoms with Gasteiger partial charge in [0.1, 0.15) is 11.4 Å². The lowest BCUT2D eigenvalue weighted by atomic mass is 9.99. The predicted octanol–water partition coefficient (Wildman–Crippen LogP) is 1.73. The summed E-state index contributed by atoms with van der Waals surface area (Å²) in [6.45, 7) is 7.14. The minimum absolute atomic E-state index is 0.0275. The summed E-state index contributed by atoms with van der Waals surface area (Å²) >= 11 is 0. The van der Waals surface area contributed by atoms with Crippen LogP contribution in [0.3, 0.4) is 0 Å². The lowest BCUT2D eigenvalue weighted by Gasteiger charge is -2.35. The Kier molecular flexibility index (Phi) is 5.27. The molecule has 1 atom stereocenters. The molecule has 2 aromatic rings. The van der Waals surface area contributed by atoms with Gasteiger partial charge in [-0.15, -0.1) is 0 Å². The number of amides is 1. The molecule has 1 aromatic carbocycles. The Morgan fingerprint density at radius 3 is 2.42 bits per heavy atom. The molecule has 1 unspecified atom stereocenters. The van der Waals surface area contributed by atoms with Gasteiger partial charge in [-0.2, -0.15) is 0 Å². The fraction of sp³-hybridized carbons (Fsp3) is 0.471. The molecule has 1 aliphatic heterocycles. The van der Waals surface area contributed by atoms with E-state index < -0.39 is 4.92 Å². The number of non-ortho nitro benzene ring substituents is 1.